The molecule has 2 rings (SSSR count). The van der Waals surface area contributed by atoms with E-state index in [1.807, 2.05) is 30.3 Å². The number of esters is 1. The van der Waals surface area contributed by atoms with Crippen molar-refractivity contribution in [2.45, 2.75) is 20.5 Å². The minimum atomic E-state index is -1.15. The lowest BCUT2D eigenvalue weighted by atomic mass is 10.1. The summed E-state index contributed by atoms with van der Waals surface area (Å²) in [5, 5.41) is 17.0. The van der Waals surface area contributed by atoms with Crippen LogP contribution in [-0.4, -0.2) is 28.1 Å². The van der Waals surface area contributed by atoms with Gasteiger partial charge in [-0.25, -0.2) is 9.59 Å². The zero-order valence-electron chi connectivity index (χ0n) is 14.0. The first kappa shape index (κ1) is 19.9. The van der Waals surface area contributed by atoms with Crippen LogP contribution in [0.25, 0.3) is 0 Å². The van der Waals surface area contributed by atoms with Gasteiger partial charge in [0.1, 0.15) is 6.61 Å². The van der Waals surface area contributed by atoms with Crippen LogP contribution in [0.4, 0.5) is 0 Å². The van der Waals surface area contributed by atoms with Gasteiger partial charge in [-0.15, -0.1) is 0 Å². The normalized spacial score (nSPS) is 9.72. The molecule has 0 unspecified atom stereocenters. The first-order chi connectivity index (χ1) is 11.8. The molecule has 2 aromatic rings. The SMILES string of the molecule is CC(C)C(=O)O.O=C(O)c1ccccc1C(=O)OCc1ccccc1. The van der Waals surface area contributed by atoms with Crippen molar-refractivity contribution in [2.24, 2.45) is 5.92 Å². The highest BCUT2D eigenvalue weighted by Gasteiger charge is 2.16. The van der Waals surface area contributed by atoms with E-state index in [9.17, 15) is 14.4 Å². The van der Waals surface area contributed by atoms with Gasteiger partial charge in [0.25, 0.3) is 0 Å². The minimum Gasteiger partial charge on any atom is -0.481 e. The van der Waals surface area contributed by atoms with Crippen molar-refractivity contribution in [1.82, 2.24) is 0 Å². The van der Waals surface area contributed by atoms with E-state index in [4.69, 9.17) is 14.9 Å². The number of carboxylic acids is 2. The highest BCUT2D eigenvalue weighted by molar-refractivity contribution is 6.02. The molecule has 0 aliphatic heterocycles. The van der Waals surface area contributed by atoms with Gasteiger partial charge in [0.15, 0.2) is 0 Å². The summed E-state index contributed by atoms with van der Waals surface area (Å²) in [6.45, 7) is 3.40. The van der Waals surface area contributed by atoms with E-state index in [0.29, 0.717) is 0 Å². The van der Waals surface area contributed by atoms with Crippen LogP contribution in [0.15, 0.2) is 54.6 Å². The zero-order valence-corrected chi connectivity index (χ0v) is 14.0. The summed E-state index contributed by atoms with van der Waals surface area (Å²) in [5.74, 6) is -2.76. The van der Waals surface area contributed by atoms with E-state index >= 15 is 0 Å². The Morgan fingerprint density at radius 2 is 1.36 bits per heavy atom. The lowest BCUT2D eigenvalue weighted by Gasteiger charge is -2.07. The number of aromatic carboxylic acids is 1. The van der Waals surface area contributed by atoms with Crippen LogP contribution in [0.2, 0.25) is 0 Å². The number of hydrogen-bond acceptors (Lipinski definition) is 4. The molecule has 0 fully saturated rings. The van der Waals surface area contributed by atoms with Crippen LogP contribution in [-0.2, 0) is 16.1 Å². The summed E-state index contributed by atoms with van der Waals surface area (Å²) in [6.07, 6.45) is 0. The molecule has 0 heterocycles. The molecule has 0 spiro atoms. The summed E-state index contributed by atoms with van der Waals surface area (Å²) in [5.41, 5.74) is 0.857. The van der Waals surface area contributed by atoms with Crippen molar-refractivity contribution in [1.29, 1.82) is 0 Å². The van der Waals surface area contributed by atoms with E-state index in [-0.39, 0.29) is 23.7 Å². The molecular formula is C19H20O6. The Balaban J connectivity index is 0.000000450. The first-order valence-electron chi connectivity index (χ1n) is 7.59. The second kappa shape index (κ2) is 9.87. The second-order valence-corrected chi connectivity index (χ2v) is 5.41. The third-order valence-electron chi connectivity index (χ3n) is 3.08. The molecule has 6 heteroatoms. The largest absolute Gasteiger partial charge is 0.481 e. The van der Waals surface area contributed by atoms with Crippen LogP contribution >= 0.6 is 0 Å². The number of carboxylic acid groups (broad SMARTS) is 2. The van der Waals surface area contributed by atoms with Gasteiger partial charge >= 0.3 is 17.9 Å². The average molecular weight is 344 g/mol. The van der Waals surface area contributed by atoms with Gasteiger partial charge in [-0.2, -0.15) is 0 Å². The van der Waals surface area contributed by atoms with Gasteiger partial charge in [-0.3, -0.25) is 4.79 Å². The first-order valence-corrected chi connectivity index (χ1v) is 7.59. The minimum absolute atomic E-state index is 0.0550. The predicted molar refractivity (Wildman–Crippen MR) is 91.4 cm³/mol. The molecule has 0 atom stereocenters. The van der Waals surface area contributed by atoms with E-state index in [2.05, 4.69) is 0 Å². The molecular weight excluding hydrogens is 324 g/mol. The highest BCUT2D eigenvalue weighted by Crippen LogP contribution is 2.11. The van der Waals surface area contributed by atoms with E-state index < -0.39 is 17.9 Å². The fourth-order valence-corrected chi connectivity index (χ4v) is 1.65. The molecule has 2 aromatic carbocycles. The van der Waals surface area contributed by atoms with Crippen molar-refractivity contribution in [3.63, 3.8) is 0 Å². The van der Waals surface area contributed by atoms with Crippen molar-refractivity contribution < 1.29 is 29.3 Å². The van der Waals surface area contributed by atoms with Crippen LogP contribution in [0.3, 0.4) is 0 Å². The lowest BCUT2D eigenvalue weighted by Crippen LogP contribution is -2.11. The molecule has 2 N–H and O–H groups in total. The quantitative estimate of drug-likeness (QED) is 0.806. The number of ether oxygens (including phenoxy) is 1. The van der Waals surface area contributed by atoms with Gasteiger partial charge in [-0.05, 0) is 17.7 Å². The van der Waals surface area contributed by atoms with Gasteiger partial charge in [0, 0.05) is 0 Å². The molecule has 0 radical (unpaired) electrons. The maximum atomic E-state index is 11.9. The molecule has 0 amide bonds. The van der Waals surface area contributed by atoms with Crippen LogP contribution in [0, 0.1) is 5.92 Å². The van der Waals surface area contributed by atoms with Crippen molar-refractivity contribution in [3.05, 3.63) is 71.3 Å². The molecule has 0 aromatic heterocycles. The number of aliphatic carboxylic acids is 1. The van der Waals surface area contributed by atoms with E-state index in [1.165, 1.54) is 12.1 Å². The summed E-state index contributed by atoms with van der Waals surface area (Å²) < 4.78 is 5.10. The molecule has 25 heavy (non-hydrogen) atoms. The fraction of sp³-hybridized carbons (Fsp3) is 0.211. The van der Waals surface area contributed by atoms with Gasteiger partial charge in [0.2, 0.25) is 0 Å². The summed E-state index contributed by atoms with van der Waals surface area (Å²) in [4.78, 5) is 32.5. The monoisotopic (exact) mass is 344 g/mol. The summed E-state index contributed by atoms with van der Waals surface area (Å²) >= 11 is 0. The zero-order chi connectivity index (χ0) is 18.8. The molecule has 0 aliphatic carbocycles. The Kier molecular flexibility index (Phi) is 7.86. The van der Waals surface area contributed by atoms with Gasteiger partial charge in [-0.1, -0.05) is 56.3 Å². The number of benzene rings is 2. The highest BCUT2D eigenvalue weighted by atomic mass is 16.5. The second-order valence-electron chi connectivity index (χ2n) is 5.41. The number of rotatable bonds is 5. The Morgan fingerprint density at radius 3 is 1.84 bits per heavy atom. The Hall–Kier alpha value is -3.15. The Labute approximate surface area is 145 Å². The van der Waals surface area contributed by atoms with Crippen LogP contribution < -0.4 is 0 Å². The topological polar surface area (TPSA) is 101 Å². The molecule has 0 aliphatic rings. The number of hydrogen-bond donors (Lipinski definition) is 2. The molecule has 132 valence electrons. The smallest absolute Gasteiger partial charge is 0.339 e. The van der Waals surface area contributed by atoms with Gasteiger partial charge in [0.05, 0.1) is 17.0 Å². The van der Waals surface area contributed by atoms with Crippen LogP contribution in [0.1, 0.15) is 40.1 Å². The third-order valence-corrected chi connectivity index (χ3v) is 3.08. The molecule has 0 saturated heterocycles. The maximum Gasteiger partial charge on any atom is 0.339 e. The number of carbonyl (C=O) groups excluding carboxylic acids is 1. The van der Waals surface area contributed by atoms with Gasteiger partial charge < -0.3 is 14.9 Å². The fourth-order valence-electron chi connectivity index (χ4n) is 1.65. The molecule has 0 bridgehead atoms. The van der Waals surface area contributed by atoms with E-state index in [0.717, 1.165) is 5.56 Å². The average Bonchev–Trinajstić information content (AvgIpc) is 2.61. The molecule has 6 nitrogen and oxygen atoms in total. The third kappa shape index (κ3) is 6.87. The maximum absolute atomic E-state index is 11.9. The Morgan fingerprint density at radius 1 is 0.880 bits per heavy atom. The predicted octanol–water partition coefficient (Wildman–Crippen LogP) is 3.47. The lowest BCUT2D eigenvalue weighted by molar-refractivity contribution is -0.140. The van der Waals surface area contributed by atoms with Crippen molar-refractivity contribution in [3.8, 4) is 0 Å². The van der Waals surface area contributed by atoms with Crippen molar-refractivity contribution in [2.75, 3.05) is 0 Å². The number of carbonyl (C=O) groups is 3. The van der Waals surface area contributed by atoms with Crippen molar-refractivity contribution >= 4 is 17.9 Å². The molecule has 0 saturated carbocycles. The summed E-state index contributed by atoms with van der Waals surface area (Å²) in [6, 6.07) is 15.2. The Bertz CT molecular complexity index is 722. The van der Waals surface area contributed by atoms with E-state index in [1.54, 1.807) is 26.0 Å². The van der Waals surface area contributed by atoms with Crippen LogP contribution in [0.5, 0.6) is 0 Å². The summed E-state index contributed by atoms with van der Waals surface area (Å²) in [7, 11) is 0. The standard InChI is InChI=1S/C15H12O4.C4H8O2/c16-14(17)12-8-4-5-9-13(12)15(18)19-10-11-6-2-1-3-7-11;1-3(2)4(5)6/h1-9H,10H2,(H,16,17);3H,1-2H3,(H,5,6).